The molecular formula is C19H20BF3N2O3. The Hall–Kier alpha value is -2.52. The Balaban J connectivity index is 1.82. The molecule has 0 aliphatic carbocycles. The van der Waals surface area contributed by atoms with Crippen LogP contribution in [0.3, 0.4) is 0 Å². The Morgan fingerprint density at radius 3 is 2.36 bits per heavy atom. The van der Waals surface area contributed by atoms with E-state index < -0.39 is 13.5 Å². The SMILES string of the molecule is OB(O)CCCCCn1c(-c2ccc(OC(F)(F)F)cc2)nc2ccccc21. The molecule has 148 valence electrons. The number of fused-ring (bicyclic) bond motifs is 1. The maximum atomic E-state index is 12.4. The first-order valence-corrected chi connectivity index (χ1v) is 9.01. The Bertz CT molecular complexity index is 911. The van der Waals surface area contributed by atoms with Gasteiger partial charge in [-0.2, -0.15) is 0 Å². The van der Waals surface area contributed by atoms with E-state index in [2.05, 4.69) is 9.72 Å². The van der Waals surface area contributed by atoms with Crippen molar-refractivity contribution in [2.75, 3.05) is 0 Å². The highest BCUT2D eigenvalue weighted by atomic mass is 19.4. The number of ether oxygens (including phenoxy) is 1. The number of benzene rings is 2. The number of hydrogen-bond donors (Lipinski definition) is 2. The standard InChI is InChI=1S/C19H20BF3N2O3/c21-19(22,23)28-15-10-8-14(9-11-15)18-24-16-6-2-3-7-17(16)25(18)13-5-1-4-12-20(26)27/h2-3,6-11,26-27H,1,4-5,12-13H2. The van der Waals surface area contributed by atoms with E-state index in [4.69, 9.17) is 10.0 Å². The highest BCUT2D eigenvalue weighted by Gasteiger charge is 2.31. The molecule has 1 aromatic heterocycles. The summed E-state index contributed by atoms with van der Waals surface area (Å²) in [4.78, 5) is 4.63. The lowest BCUT2D eigenvalue weighted by Crippen LogP contribution is -2.16. The number of imidazole rings is 1. The molecule has 0 amide bonds. The molecule has 28 heavy (non-hydrogen) atoms. The first kappa shape index (κ1) is 20.2. The number of para-hydroxylation sites is 2. The molecule has 0 unspecified atom stereocenters. The monoisotopic (exact) mass is 392 g/mol. The second-order valence-electron chi connectivity index (χ2n) is 6.48. The van der Waals surface area contributed by atoms with Crippen LogP contribution in [0.15, 0.2) is 48.5 Å². The van der Waals surface area contributed by atoms with Crippen molar-refractivity contribution >= 4 is 18.2 Å². The molecule has 0 aliphatic heterocycles. The quantitative estimate of drug-likeness (QED) is 0.445. The topological polar surface area (TPSA) is 67.5 Å². The highest BCUT2D eigenvalue weighted by molar-refractivity contribution is 6.40. The van der Waals surface area contributed by atoms with Crippen molar-refractivity contribution in [1.82, 2.24) is 9.55 Å². The molecule has 9 heteroatoms. The molecule has 0 aliphatic rings. The Kier molecular flexibility index (Phi) is 6.26. The number of hydrogen-bond acceptors (Lipinski definition) is 4. The first-order chi connectivity index (χ1) is 13.3. The largest absolute Gasteiger partial charge is 0.573 e. The maximum absolute atomic E-state index is 12.4. The Morgan fingerprint density at radius 1 is 0.964 bits per heavy atom. The van der Waals surface area contributed by atoms with E-state index in [-0.39, 0.29) is 5.75 Å². The number of aryl methyl sites for hydroxylation is 1. The van der Waals surface area contributed by atoms with Gasteiger partial charge in [0, 0.05) is 12.1 Å². The van der Waals surface area contributed by atoms with E-state index in [1.165, 1.54) is 12.1 Å². The van der Waals surface area contributed by atoms with Crippen LogP contribution in [-0.4, -0.2) is 33.1 Å². The summed E-state index contributed by atoms with van der Waals surface area (Å²) in [6.07, 6.45) is -2.06. The van der Waals surface area contributed by atoms with E-state index in [1.807, 2.05) is 28.8 Å². The minimum Gasteiger partial charge on any atom is -0.427 e. The molecule has 0 fully saturated rings. The molecule has 0 bridgehead atoms. The minimum atomic E-state index is -4.73. The van der Waals surface area contributed by atoms with Crippen LogP contribution in [0.25, 0.3) is 22.4 Å². The van der Waals surface area contributed by atoms with Gasteiger partial charge < -0.3 is 19.4 Å². The van der Waals surface area contributed by atoms with Crippen LogP contribution in [-0.2, 0) is 6.54 Å². The van der Waals surface area contributed by atoms with E-state index in [0.29, 0.717) is 30.7 Å². The van der Waals surface area contributed by atoms with Gasteiger partial charge in [-0.1, -0.05) is 25.0 Å². The van der Waals surface area contributed by atoms with E-state index in [0.717, 1.165) is 23.9 Å². The van der Waals surface area contributed by atoms with Crippen molar-refractivity contribution in [3.05, 3.63) is 48.5 Å². The van der Waals surface area contributed by atoms with Crippen LogP contribution in [0.2, 0.25) is 6.32 Å². The molecule has 2 N–H and O–H groups in total. The van der Waals surface area contributed by atoms with Crippen LogP contribution in [0, 0.1) is 0 Å². The third kappa shape index (κ3) is 5.27. The summed E-state index contributed by atoms with van der Waals surface area (Å²) >= 11 is 0. The zero-order valence-corrected chi connectivity index (χ0v) is 15.1. The molecule has 5 nitrogen and oxygen atoms in total. The van der Waals surface area contributed by atoms with Gasteiger partial charge in [0.1, 0.15) is 11.6 Å². The van der Waals surface area contributed by atoms with Gasteiger partial charge in [0.2, 0.25) is 0 Å². The first-order valence-electron chi connectivity index (χ1n) is 9.01. The molecule has 1 heterocycles. The fourth-order valence-electron chi connectivity index (χ4n) is 3.10. The number of alkyl halides is 3. The van der Waals surface area contributed by atoms with Crippen LogP contribution in [0.1, 0.15) is 19.3 Å². The van der Waals surface area contributed by atoms with Crippen molar-refractivity contribution in [3.63, 3.8) is 0 Å². The summed E-state index contributed by atoms with van der Waals surface area (Å²) in [6, 6.07) is 13.3. The van der Waals surface area contributed by atoms with Crippen LogP contribution >= 0.6 is 0 Å². The average Bonchev–Trinajstić information content (AvgIpc) is 2.99. The molecule has 0 radical (unpaired) electrons. The maximum Gasteiger partial charge on any atom is 0.573 e. The predicted molar refractivity (Wildman–Crippen MR) is 101 cm³/mol. The zero-order valence-electron chi connectivity index (χ0n) is 15.1. The Morgan fingerprint density at radius 2 is 1.68 bits per heavy atom. The van der Waals surface area contributed by atoms with Gasteiger partial charge in [-0.3, -0.25) is 0 Å². The second-order valence-corrected chi connectivity index (χ2v) is 6.48. The van der Waals surface area contributed by atoms with Gasteiger partial charge in [-0.15, -0.1) is 13.2 Å². The summed E-state index contributed by atoms with van der Waals surface area (Å²) in [6.45, 7) is 0.665. The fourth-order valence-corrected chi connectivity index (χ4v) is 3.10. The van der Waals surface area contributed by atoms with Gasteiger partial charge in [0.15, 0.2) is 0 Å². The summed E-state index contributed by atoms with van der Waals surface area (Å²) in [7, 11) is -1.29. The summed E-state index contributed by atoms with van der Waals surface area (Å²) in [5, 5.41) is 17.8. The number of halogens is 3. The summed E-state index contributed by atoms with van der Waals surface area (Å²) in [5.74, 6) is 0.392. The lowest BCUT2D eigenvalue weighted by molar-refractivity contribution is -0.274. The van der Waals surface area contributed by atoms with Gasteiger partial charge in [-0.05, 0) is 49.1 Å². The molecule has 3 aromatic rings. The van der Waals surface area contributed by atoms with Gasteiger partial charge in [0.05, 0.1) is 11.0 Å². The minimum absolute atomic E-state index is 0.276. The second kappa shape index (κ2) is 8.66. The van der Waals surface area contributed by atoms with E-state index in [1.54, 1.807) is 12.1 Å². The fraction of sp³-hybridized carbons (Fsp3) is 0.316. The zero-order chi connectivity index (χ0) is 20.1. The Labute approximate surface area is 160 Å². The average molecular weight is 392 g/mol. The molecule has 2 aromatic carbocycles. The van der Waals surface area contributed by atoms with Gasteiger partial charge in [0.25, 0.3) is 0 Å². The van der Waals surface area contributed by atoms with Crippen molar-refractivity contribution in [2.24, 2.45) is 0 Å². The predicted octanol–water partition coefficient (Wildman–Crippen LogP) is 4.25. The molecule has 0 spiro atoms. The lowest BCUT2D eigenvalue weighted by Gasteiger charge is -2.11. The van der Waals surface area contributed by atoms with Gasteiger partial charge >= 0.3 is 13.5 Å². The van der Waals surface area contributed by atoms with Crippen molar-refractivity contribution in [1.29, 1.82) is 0 Å². The number of aromatic nitrogens is 2. The summed E-state index contributed by atoms with van der Waals surface area (Å²) in [5.41, 5.74) is 2.44. The van der Waals surface area contributed by atoms with E-state index >= 15 is 0 Å². The molecule has 0 saturated carbocycles. The molecule has 0 saturated heterocycles. The third-order valence-electron chi connectivity index (χ3n) is 4.34. The molecular weight excluding hydrogens is 372 g/mol. The normalized spacial score (nSPS) is 11.8. The van der Waals surface area contributed by atoms with Crippen LogP contribution < -0.4 is 4.74 Å². The van der Waals surface area contributed by atoms with Crippen LogP contribution in [0.5, 0.6) is 5.75 Å². The number of nitrogens with zero attached hydrogens (tertiary/aromatic N) is 2. The lowest BCUT2D eigenvalue weighted by atomic mass is 9.83. The highest BCUT2D eigenvalue weighted by Crippen LogP contribution is 2.29. The number of rotatable bonds is 8. The van der Waals surface area contributed by atoms with Crippen molar-refractivity contribution < 1.29 is 28.0 Å². The van der Waals surface area contributed by atoms with Gasteiger partial charge in [-0.25, -0.2) is 4.98 Å². The molecule has 0 atom stereocenters. The number of unbranched alkanes of at least 4 members (excludes halogenated alkanes) is 2. The summed E-state index contributed by atoms with van der Waals surface area (Å²) < 4.78 is 43.0. The molecule has 3 rings (SSSR count). The third-order valence-corrected chi connectivity index (χ3v) is 4.34. The van der Waals surface area contributed by atoms with Crippen molar-refractivity contribution in [2.45, 2.75) is 38.5 Å². The smallest absolute Gasteiger partial charge is 0.427 e. The van der Waals surface area contributed by atoms with Crippen LogP contribution in [0.4, 0.5) is 13.2 Å². The van der Waals surface area contributed by atoms with E-state index in [9.17, 15) is 13.2 Å². The van der Waals surface area contributed by atoms with Crippen molar-refractivity contribution in [3.8, 4) is 17.1 Å².